The number of allylic oxidation sites excluding steroid dienone is 5. The highest BCUT2D eigenvalue weighted by Gasteiger charge is 2.51. The highest BCUT2D eigenvalue weighted by atomic mass is 16.6. The molecule has 1 saturated heterocycles. The second-order valence-electron chi connectivity index (χ2n) is 7.34. The summed E-state index contributed by atoms with van der Waals surface area (Å²) in [5.74, 6) is 0.497. The summed E-state index contributed by atoms with van der Waals surface area (Å²) < 4.78 is 5.96. The molecular formula is C20H30O2. The van der Waals surface area contributed by atoms with Gasteiger partial charge in [0, 0.05) is 6.42 Å². The van der Waals surface area contributed by atoms with E-state index in [0.29, 0.717) is 6.42 Å². The molecule has 0 saturated carbocycles. The Morgan fingerprint density at radius 1 is 1.32 bits per heavy atom. The monoisotopic (exact) mass is 302 g/mol. The van der Waals surface area contributed by atoms with Crippen LogP contribution in [0.4, 0.5) is 0 Å². The van der Waals surface area contributed by atoms with Gasteiger partial charge in [0.2, 0.25) is 0 Å². The lowest BCUT2D eigenvalue weighted by atomic mass is 9.85. The number of hydrogen-bond donors (Lipinski definition) is 0. The van der Waals surface area contributed by atoms with Gasteiger partial charge in [0.05, 0.1) is 11.7 Å². The molecule has 1 heterocycles. The summed E-state index contributed by atoms with van der Waals surface area (Å²) in [4.78, 5) is 12.4. The average Bonchev–Trinajstić information content (AvgIpc) is 3.07. The van der Waals surface area contributed by atoms with Crippen LogP contribution in [-0.2, 0) is 9.53 Å². The van der Waals surface area contributed by atoms with Crippen LogP contribution in [0.5, 0.6) is 0 Å². The molecule has 0 aromatic carbocycles. The molecule has 22 heavy (non-hydrogen) atoms. The van der Waals surface area contributed by atoms with E-state index in [1.807, 2.05) is 13.8 Å². The first-order valence-corrected chi connectivity index (χ1v) is 8.50. The third-order valence-electron chi connectivity index (χ3n) is 5.23. The second-order valence-corrected chi connectivity index (χ2v) is 7.34. The maximum Gasteiger partial charge on any atom is 0.158 e. The van der Waals surface area contributed by atoms with Gasteiger partial charge in [-0.25, -0.2) is 0 Å². The van der Waals surface area contributed by atoms with Crippen LogP contribution < -0.4 is 0 Å². The molecule has 0 aromatic rings. The Hall–Kier alpha value is -1.15. The fourth-order valence-electron chi connectivity index (χ4n) is 3.25. The van der Waals surface area contributed by atoms with Crippen molar-refractivity contribution in [2.45, 2.75) is 77.9 Å². The second kappa shape index (κ2) is 6.95. The Morgan fingerprint density at radius 3 is 2.73 bits per heavy atom. The smallest absolute Gasteiger partial charge is 0.158 e. The van der Waals surface area contributed by atoms with Crippen LogP contribution in [0.1, 0.15) is 66.2 Å². The molecule has 1 fully saturated rings. The summed E-state index contributed by atoms with van der Waals surface area (Å²) in [7, 11) is 0. The van der Waals surface area contributed by atoms with Crippen LogP contribution in [0.3, 0.4) is 0 Å². The van der Waals surface area contributed by atoms with Crippen molar-refractivity contribution in [2.75, 3.05) is 0 Å². The first-order valence-electron chi connectivity index (χ1n) is 8.50. The molecule has 0 bridgehead atoms. The summed E-state index contributed by atoms with van der Waals surface area (Å²) >= 11 is 0. The Balaban J connectivity index is 2.14. The molecule has 0 radical (unpaired) electrons. The van der Waals surface area contributed by atoms with E-state index < -0.39 is 0 Å². The zero-order valence-electron chi connectivity index (χ0n) is 14.6. The molecule has 2 heteroatoms. The molecule has 2 nitrogen and oxygen atoms in total. The number of fused-ring (bicyclic) bond motifs is 1. The third kappa shape index (κ3) is 4.42. The highest BCUT2D eigenvalue weighted by molar-refractivity contribution is 5.95. The zero-order chi connectivity index (χ0) is 16.3. The van der Waals surface area contributed by atoms with Gasteiger partial charge in [-0.15, -0.1) is 0 Å². The normalized spacial score (nSPS) is 38.8. The van der Waals surface area contributed by atoms with Crippen molar-refractivity contribution >= 4 is 5.78 Å². The fourth-order valence-corrected chi connectivity index (χ4v) is 3.25. The first-order chi connectivity index (χ1) is 10.3. The maximum atomic E-state index is 12.4. The molecule has 2 rings (SSSR count). The number of ketones is 1. The lowest BCUT2D eigenvalue weighted by molar-refractivity contribution is -0.116. The van der Waals surface area contributed by atoms with Crippen molar-refractivity contribution in [3.05, 3.63) is 35.5 Å². The third-order valence-corrected chi connectivity index (χ3v) is 5.23. The Morgan fingerprint density at radius 2 is 2.05 bits per heavy atom. The zero-order valence-corrected chi connectivity index (χ0v) is 14.6. The van der Waals surface area contributed by atoms with Crippen LogP contribution in [0.15, 0.2) is 35.5 Å². The van der Waals surface area contributed by atoms with E-state index in [9.17, 15) is 4.79 Å². The predicted octanol–water partition coefficient (Wildman–Crippen LogP) is 5.15. The van der Waals surface area contributed by atoms with Gasteiger partial charge in [-0.05, 0) is 71.3 Å². The van der Waals surface area contributed by atoms with E-state index in [0.717, 1.165) is 43.3 Å². The van der Waals surface area contributed by atoms with E-state index in [2.05, 4.69) is 32.6 Å². The Labute approximate surface area is 135 Å². The molecule has 1 aliphatic heterocycles. The van der Waals surface area contributed by atoms with Gasteiger partial charge in [0.15, 0.2) is 5.78 Å². The van der Waals surface area contributed by atoms with E-state index in [4.69, 9.17) is 4.74 Å². The van der Waals surface area contributed by atoms with E-state index in [1.165, 1.54) is 5.57 Å². The van der Waals surface area contributed by atoms with Crippen LogP contribution in [0, 0.1) is 5.92 Å². The number of epoxide rings is 1. The van der Waals surface area contributed by atoms with Crippen molar-refractivity contribution in [2.24, 2.45) is 5.92 Å². The van der Waals surface area contributed by atoms with Crippen molar-refractivity contribution in [3.8, 4) is 0 Å². The topological polar surface area (TPSA) is 29.6 Å². The van der Waals surface area contributed by atoms with Gasteiger partial charge in [0.1, 0.15) is 0 Å². The molecular weight excluding hydrogens is 272 g/mol. The SMILES string of the molecule is C=C(C)[C@@H]1CC(=O)/C(C)=C\CC/C(C)=C/CC[C@]2(C)O[C@H]2C1. The van der Waals surface area contributed by atoms with Gasteiger partial charge >= 0.3 is 0 Å². The Bertz CT molecular complexity index is 512. The number of carbonyl (C=O) groups is 1. The summed E-state index contributed by atoms with van der Waals surface area (Å²) in [6.07, 6.45) is 10.3. The highest BCUT2D eigenvalue weighted by Crippen LogP contribution is 2.45. The Kier molecular flexibility index (Phi) is 5.44. The summed E-state index contributed by atoms with van der Waals surface area (Å²) in [6, 6.07) is 0. The molecule has 1 aliphatic carbocycles. The number of ether oxygens (including phenoxy) is 1. The van der Waals surface area contributed by atoms with Crippen LogP contribution in [-0.4, -0.2) is 17.5 Å². The maximum absolute atomic E-state index is 12.4. The molecule has 0 spiro atoms. The summed E-state index contributed by atoms with van der Waals surface area (Å²) in [6.45, 7) is 12.5. The summed E-state index contributed by atoms with van der Waals surface area (Å²) in [5.41, 5.74) is 3.41. The molecule has 0 amide bonds. The standard InChI is InChI=1S/C20H30O2/c1-14(2)17-12-18(21)16(4)10-6-8-15(3)9-7-11-20(5)19(13-17)22-20/h9-10,17,19H,1,6-8,11-13H2,2-5H3/b15-9+,16-10-/t17-,19+,20+/m1/s1. The largest absolute Gasteiger partial charge is 0.366 e. The van der Waals surface area contributed by atoms with Crippen molar-refractivity contribution in [1.29, 1.82) is 0 Å². The lowest BCUT2D eigenvalue weighted by Crippen LogP contribution is -2.17. The quantitative estimate of drug-likeness (QED) is 0.495. The molecule has 122 valence electrons. The van der Waals surface area contributed by atoms with Gasteiger partial charge in [-0.3, -0.25) is 4.79 Å². The van der Waals surface area contributed by atoms with Gasteiger partial charge < -0.3 is 4.74 Å². The van der Waals surface area contributed by atoms with Gasteiger partial charge in [-0.2, -0.15) is 0 Å². The minimum atomic E-state index is 0.00251. The van der Waals surface area contributed by atoms with Crippen molar-refractivity contribution in [1.82, 2.24) is 0 Å². The number of Topliss-reactive ketones (excluding diaryl/α,β-unsaturated/α-hetero) is 1. The minimum Gasteiger partial charge on any atom is -0.366 e. The molecule has 0 aromatic heterocycles. The van der Waals surface area contributed by atoms with Crippen LogP contribution in [0.25, 0.3) is 0 Å². The number of hydrogen-bond acceptors (Lipinski definition) is 2. The van der Waals surface area contributed by atoms with E-state index in [1.54, 1.807) is 0 Å². The number of rotatable bonds is 1. The van der Waals surface area contributed by atoms with Crippen molar-refractivity contribution in [3.63, 3.8) is 0 Å². The van der Waals surface area contributed by atoms with Crippen LogP contribution >= 0.6 is 0 Å². The predicted molar refractivity (Wildman–Crippen MR) is 91.8 cm³/mol. The molecule has 0 unspecified atom stereocenters. The lowest BCUT2D eigenvalue weighted by Gasteiger charge is -2.17. The van der Waals surface area contributed by atoms with Gasteiger partial charge in [-0.1, -0.05) is 29.9 Å². The molecule has 2 aliphatic rings. The first kappa shape index (κ1) is 17.2. The average molecular weight is 302 g/mol. The fraction of sp³-hybridized carbons (Fsp3) is 0.650. The minimum absolute atomic E-state index is 0.00251. The van der Waals surface area contributed by atoms with E-state index in [-0.39, 0.29) is 23.4 Å². The van der Waals surface area contributed by atoms with Gasteiger partial charge in [0.25, 0.3) is 0 Å². The molecule has 3 atom stereocenters. The summed E-state index contributed by atoms with van der Waals surface area (Å²) in [5, 5.41) is 0. The molecule has 0 N–H and O–H groups in total. The number of carbonyl (C=O) groups excluding carboxylic acids is 1. The van der Waals surface area contributed by atoms with Crippen LogP contribution in [0.2, 0.25) is 0 Å². The van der Waals surface area contributed by atoms with Crippen molar-refractivity contribution < 1.29 is 9.53 Å². The van der Waals surface area contributed by atoms with E-state index >= 15 is 0 Å².